The van der Waals surface area contributed by atoms with Crippen LogP contribution >= 0.6 is 11.3 Å². The number of benzene rings is 2. The Bertz CT molecular complexity index is 829. The summed E-state index contributed by atoms with van der Waals surface area (Å²) in [6, 6.07) is 17.4. The van der Waals surface area contributed by atoms with Crippen molar-refractivity contribution in [1.29, 1.82) is 5.26 Å². The fourth-order valence-electron chi connectivity index (χ4n) is 2.26. The number of nitrogens with one attached hydrogen (secondary N) is 1. The molecule has 0 fully saturated rings. The normalized spacial score (nSPS) is 10.4. The molecule has 0 saturated carbocycles. The number of aryl methyl sites for hydroxylation is 1. The lowest BCUT2D eigenvalue weighted by molar-refractivity contribution is -0.121. The van der Waals surface area contributed by atoms with Gasteiger partial charge in [-0.25, -0.2) is 4.98 Å². The number of nitrogens with zero attached hydrogens (tertiary/aromatic N) is 2. The summed E-state index contributed by atoms with van der Waals surface area (Å²) >= 11 is 1.60. The second-order valence-corrected chi connectivity index (χ2v) is 6.28. The van der Waals surface area contributed by atoms with Gasteiger partial charge in [-0.3, -0.25) is 4.79 Å². The number of carbonyl (C=O) groups excluding carboxylic acids is 1. The molecule has 3 rings (SSSR count). The van der Waals surface area contributed by atoms with Crippen molar-refractivity contribution in [2.24, 2.45) is 0 Å². The first-order chi connectivity index (χ1) is 11.2. The molecule has 0 atom stereocenters. The van der Waals surface area contributed by atoms with Crippen LogP contribution in [0.3, 0.4) is 0 Å². The molecule has 0 radical (unpaired) electrons. The van der Waals surface area contributed by atoms with Crippen LogP contribution in [0.5, 0.6) is 0 Å². The first-order valence-electron chi connectivity index (χ1n) is 7.35. The van der Waals surface area contributed by atoms with E-state index >= 15 is 0 Å². The average molecular weight is 321 g/mol. The summed E-state index contributed by atoms with van der Waals surface area (Å²) in [5, 5.41) is 12.6. The van der Waals surface area contributed by atoms with E-state index in [0.717, 1.165) is 20.8 Å². The van der Waals surface area contributed by atoms with Crippen LogP contribution in [0.2, 0.25) is 0 Å². The molecule has 1 aromatic heterocycles. The molecule has 0 saturated heterocycles. The molecular weight excluding hydrogens is 306 g/mol. The van der Waals surface area contributed by atoms with E-state index in [9.17, 15) is 4.79 Å². The molecule has 0 aliphatic heterocycles. The van der Waals surface area contributed by atoms with Crippen molar-refractivity contribution < 1.29 is 4.79 Å². The minimum absolute atomic E-state index is 0.00798. The third-order valence-corrected chi connectivity index (χ3v) is 4.54. The first kappa shape index (κ1) is 15.2. The lowest BCUT2D eigenvalue weighted by Gasteiger charge is -2.03. The zero-order chi connectivity index (χ0) is 16.1. The van der Waals surface area contributed by atoms with E-state index < -0.39 is 0 Å². The lowest BCUT2D eigenvalue weighted by atomic mass is 10.1. The molecule has 0 aliphatic carbocycles. The van der Waals surface area contributed by atoms with E-state index in [0.29, 0.717) is 24.9 Å². The summed E-state index contributed by atoms with van der Waals surface area (Å²) < 4.78 is 1.13. The molecule has 5 heteroatoms. The van der Waals surface area contributed by atoms with Crippen LogP contribution < -0.4 is 5.32 Å². The number of aromatic nitrogens is 1. The minimum atomic E-state index is 0.00798. The van der Waals surface area contributed by atoms with Crippen molar-refractivity contribution >= 4 is 27.5 Å². The Kier molecular flexibility index (Phi) is 4.65. The second kappa shape index (κ2) is 7.03. The van der Waals surface area contributed by atoms with Crippen molar-refractivity contribution in [3.05, 3.63) is 64.7 Å². The van der Waals surface area contributed by atoms with E-state index in [2.05, 4.69) is 16.4 Å². The summed E-state index contributed by atoms with van der Waals surface area (Å²) in [6.45, 7) is 0.464. The molecule has 114 valence electrons. The van der Waals surface area contributed by atoms with E-state index in [1.165, 1.54) is 0 Å². The Labute approximate surface area is 138 Å². The Morgan fingerprint density at radius 1 is 1.17 bits per heavy atom. The van der Waals surface area contributed by atoms with Gasteiger partial charge in [0.2, 0.25) is 5.91 Å². The Balaban J connectivity index is 1.50. The SMILES string of the molecule is N#Cc1ccc(CCC(=O)NCc2nc3ccccc3s2)cc1. The molecule has 1 heterocycles. The van der Waals surface area contributed by atoms with Crippen LogP contribution in [-0.2, 0) is 17.8 Å². The first-order valence-corrected chi connectivity index (χ1v) is 8.16. The van der Waals surface area contributed by atoms with Gasteiger partial charge in [-0.1, -0.05) is 24.3 Å². The molecule has 4 nitrogen and oxygen atoms in total. The van der Waals surface area contributed by atoms with E-state index in [1.54, 1.807) is 23.5 Å². The third-order valence-electron chi connectivity index (χ3n) is 3.50. The fourth-order valence-corrected chi connectivity index (χ4v) is 3.17. The molecule has 3 aromatic rings. The predicted octanol–water partition coefficient (Wildman–Crippen LogP) is 3.42. The number of fused-ring (bicyclic) bond motifs is 1. The minimum Gasteiger partial charge on any atom is -0.350 e. The topological polar surface area (TPSA) is 65.8 Å². The molecule has 0 aliphatic rings. The summed E-state index contributed by atoms with van der Waals surface area (Å²) in [6.07, 6.45) is 1.09. The number of hydrogen-bond acceptors (Lipinski definition) is 4. The standard InChI is InChI=1S/C18H15N3OS/c19-11-14-7-5-13(6-8-14)9-10-17(22)20-12-18-21-15-3-1-2-4-16(15)23-18/h1-8H,9-10,12H2,(H,20,22). The summed E-state index contributed by atoms with van der Waals surface area (Å²) in [5.41, 5.74) is 2.66. The van der Waals surface area contributed by atoms with Crippen LogP contribution in [0.15, 0.2) is 48.5 Å². The number of thiazole rings is 1. The zero-order valence-corrected chi connectivity index (χ0v) is 13.3. The molecule has 0 bridgehead atoms. The van der Waals surface area contributed by atoms with Crippen molar-refractivity contribution in [2.45, 2.75) is 19.4 Å². The number of hydrogen-bond donors (Lipinski definition) is 1. The van der Waals surface area contributed by atoms with E-state index in [-0.39, 0.29) is 5.91 Å². The smallest absolute Gasteiger partial charge is 0.220 e. The van der Waals surface area contributed by atoms with Crippen LogP contribution in [-0.4, -0.2) is 10.9 Å². The van der Waals surface area contributed by atoms with Crippen LogP contribution in [0.1, 0.15) is 22.6 Å². The van der Waals surface area contributed by atoms with Crippen LogP contribution in [0, 0.1) is 11.3 Å². The van der Waals surface area contributed by atoms with Crippen molar-refractivity contribution in [3.63, 3.8) is 0 Å². The Morgan fingerprint density at radius 3 is 2.70 bits per heavy atom. The largest absolute Gasteiger partial charge is 0.350 e. The maximum Gasteiger partial charge on any atom is 0.220 e. The summed E-state index contributed by atoms with van der Waals surface area (Å²) in [4.78, 5) is 16.4. The van der Waals surface area contributed by atoms with Crippen molar-refractivity contribution in [1.82, 2.24) is 10.3 Å². The number of para-hydroxylation sites is 1. The van der Waals surface area contributed by atoms with Gasteiger partial charge in [0, 0.05) is 6.42 Å². The number of rotatable bonds is 5. The van der Waals surface area contributed by atoms with Gasteiger partial charge in [0.15, 0.2) is 0 Å². The number of nitriles is 1. The van der Waals surface area contributed by atoms with Crippen molar-refractivity contribution in [3.8, 4) is 6.07 Å². The second-order valence-electron chi connectivity index (χ2n) is 5.16. The highest BCUT2D eigenvalue weighted by Crippen LogP contribution is 2.21. The summed E-state index contributed by atoms with van der Waals surface area (Å²) in [7, 11) is 0. The highest BCUT2D eigenvalue weighted by Gasteiger charge is 2.06. The van der Waals surface area contributed by atoms with Gasteiger partial charge in [-0.2, -0.15) is 5.26 Å². The Morgan fingerprint density at radius 2 is 1.96 bits per heavy atom. The average Bonchev–Trinajstić information content (AvgIpc) is 3.01. The van der Waals surface area contributed by atoms with Crippen LogP contribution in [0.25, 0.3) is 10.2 Å². The number of carbonyl (C=O) groups is 1. The van der Waals surface area contributed by atoms with Gasteiger partial charge >= 0.3 is 0 Å². The molecule has 1 amide bonds. The monoisotopic (exact) mass is 321 g/mol. The Hall–Kier alpha value is -2.71. The highest BCUT2D eigenvalue weighted by atomic mass is 32.1. The van der Waals surface area contributed by atoms with E-state index in [4.69, 9.17) is 5.26 Å². The maximum absolute atomic E-state index is 11.9. The van der Waals surface area contributed by atoms with Gasteiger partial charge in [0.1, 0.15) is 5.01 Å². The highest BCUT2D eigenvalue weighted by molar-refractivity contribution is 7.18. The molecule has 23 heavy (non-hydrogen) atoms. The third kappa shape index (κ3) is 3.93. The zero-order valence-electron chi connectivity index (χ0n) is 12.5. The van der Waals surface area contributed by atoms with Gasteiger partial charge in [-0.15, -0.1) is 11.3 Å². The molecule has 0 spiro atoms. The van der Waals surface area contributed by atoms with Crippen LogP contribution in [0.4, 0.5) is 0 Å². The number of amides is 1. The molecule has 0 unspecified atom stereocenters. The summed E-state index contributed by atoms with van der Waals surface area (Å²) in [5.74, 6) is 0.00798. The van der Waals surface area contributed by atoms with E-state index in [1.807, 2.05) is 36.4 Å². The fraction of sp³-hybridized carbons (Fsp3) is 0.167. The predicted molar refractivity (Wildman–Crippen MR) is 90.9 cm³/mol. The van der Waals surface area contributed by atoms with Crippen molar-refractivity contribution in [2.75, 3.05) is 0 Å². The molecular formula is C18H15N3OS. The van der Waals surface area contributed by atoms with Gasteiger partial charge < -0.3 is 5.32 Å². The molecule has 1 N–H and O–H groups in total. The van der Waals surface area contributed by atoms with Gasteiger partial charge in [0.05, 0.1) is 28.4 Å². The molecule has 2 aromatic carbocycles. The van der Waals surface area contributed by atoms with Gasteiger partial charge in [-0.05, 0) is 36.2 Å². The quantitative estimate of drug-likeness (QED) is 0.783. The van der Waals surface area contributed by atoms with Gasteiger partial charge in [0.25, 0.3) is 0 Å². The lowest BCUT2D eigenvalue weighted by Crippen LogP contribution is -2.22. The maximum atomic E-state index is 11.9.